The second-order valence-corrected chi connectivity index (χ2v) is 6.67. The zero-order chi connectivity index (χ0) is 17.6. The largest absolute Gasteiger partial charge is 0.389 e. The fraction of sp³-hybridized carbons (Fsp3) is 0.400. The van der Waals surface area contributed by atoms with Crippen molar-refractivity contribution in [3.05, 3.63) is 58.8 Å². The van der Waals surface area contributed by atoms with Crippen molar-refractivity contribution >= 4 is 11.7 Å². The van der Waals surface area contributed by atoms with Crippen molar-refractivity contribution in [1.82, 2.24) is 4.98 Å². The van der Waals surface area contributed by atoms with Crippen molar-refractivity contribution in [2.45, 2.75) is 39.7 Å². The number of benzene rings is 1. The molecule has 1 aromatic carbocycles. The van der Waals surface area contributed by atoms with Gasteiger partial charge in [-0.05, 0) is 50.8 Å². The van der Waals surface area contributed by atoms with Crippen molar-refractivity contribution in [3.63, 3.8) is 0 Å². The third-order valence-corrected chi connectivity index (χ3v) is 4.39. The average Bonchev–Trinajstić information content (AvgIpc) is 2.61. The summed E-state index contributed by atoms with van der Waals surface area (Å²) in [5, 5.41) is 4.13. The van der Waals surface area contributed by atoms with Gasteiger partial charge in [0.25, 0.3) is 0 Å². The van der Waals surface area contributed by atoms with Crippen molar-refractivity contribution in [2.24, 2.45) is 10.9 Å². The average molecular weight is 338 g/mol. The number of piperidine rings is 1. The second kappa shape index (κ2) is 8.01. The van der Waals surface area contributed by atoms with Gasteiger partial charge in [-0.3, -0.25) is 0 Å². The molecule has 0 saturated carbocycles. The van der Waals surface area contributed by atoms with Crippen LogP contribution in [0.4, 0.5) is 5.82 Å². The van der Waals surface area contributed by atoms with Crippen molar-refractivity contribution in [2.75, 3.05) is 18.0 Å². The Labute approximate surface area is 149 Å². The predicted molar refractivity (Wildman–Crippen MR) is 102 cm³/mol. The summed E-state index contributed by atoms with van der Waals surface area (Å²) in [7, 11) is 0. The molecule has 1 aromatic heterocycles. The Morgan fingerprint density at radius 3 is 2.60 bits per heavy atom. The first kappa shape index (κ1) is 17.3. The van der Waals surface area contributed by atoms with E-state index in [9.17, 15) is 0 Å². The number of nitrogens with two attached hydrogens (primary N) is 1. The molecular formula is C20H26N4O. The van der Waals surface area contributed by atoms with Crippen LogP contribution in [0, 0.1) is 13.8 Å². The quantitative estimate of drug-likeness (QED) is 0.515. The molecule has 2 heterocycles. The summed E-state index contributed by atoms with van der Waals surface area (Å²) in [5.41, 5.74) is 10.6. The van der Waals surface area contributed by atoms with E-state index < -0.39 is 0 Å². The van der Waals surface area contributed by atoms with E-state index in [2.05, 4.69) is 47.1 Å². The molecule has 1 fully saturated rings. The van der Waals surface area contributed by atoms with Crippen LogP contribution in [0.5, 0.6) is 0 Å². The molecule has 2 N–H and O–H groups in total. The van der Waals surface area contributed by atoms with E-state index >= 15 is 0 Å². The molecule has 0 atom stereocenters. The maximum absolute atomic E-state index is 6.18. The Morgan fingerprint density at radius 1 is 1.16 bits per heavy atom. The summed E-state index contributed by atoms with van der Waals surface area (Å²) in [6, 6.07) is 10.2. The van der Waals surface area contributed by atoms with Gasteiger partial charge in [0.2, 0.25) is 0 Å². The van der Waals surface area contributed by atoms with E-state index in [1.165, 1.54) is 30.4 Å². The van der Waals surface area contributed by atoms with E-state index in [1.54, 1.807) is 6.20 Å². The number of anilines is 1. The molecule has 132 valence electrons. The van der Waals surface area contributed by atoms with Gasteiger partial charge in [-0.15, -0.1) is 0 Å². The Bertz CT molecular complexity index is 731. The van der Waals surface area contributed by atoms with Crippen LogP contribution in [-0.4, -0.2) is 23.9 Å². The molecule has 1 saturated heterocycles. The van der Waals surface area contributed by atoms with Gasteiger partial charge < -0.3 is 15.5 Å². The number of nitrogens with zero attached hydrogens (tertiary/aromatic N) is 3. The van der Waals surface area contributed by atoms with Gasteiger partial charge in [0, 0.05) is 19.3 Å². The van der Waals surface area contributed by atoms with Crippen LogP contribution in [0.3, 0.4) is 0 Å². The Balaban J connectivity index is 1.71. The number of hydrogen-bond donors (Lipinski definition) is 1. The van der Waals surface area contributed by atoms with E-state index in [-0.39, 0.29) is 0 Å². The standard InChI is InChI=1S/C20H26N4O/c1-15-11-16(2)13-17(12-15)14-25-23-19(21)18-7-6-8-22-20(18)24-9-4-3-5-10-24/h6-8,11-13H,3-5,9-10,14H2,1-2H3,(H2,21,23). The molecular weight excluding hydrogens is 312 g/mol. The summed E-state index contributed by atoms with van der Waals surface area (Å²) in [6.07, 6.45) is 5.46. The lowest BCUT2D eigenvalue weighted by atomic mass is 10.1. The minimum Gasteiger partial charge on any atom is -0.389 e. The molecule has 0 aliphatic carbocycles. The van der Waals surface area contributed by atoms with Crippen LogP contribution in [0.25, 0.3) is 0 Å². The highest BCUT2D eigenvalue weighted by Gasteiger charge is 2.17. The minimum atomic E-state index is 0.373. The third kappa shape index (κ3) is 4.50. The number of amidine groups is 1. The van der Waals surface area contributed by atoms with E-state index in [1.807, 2.05) is 12.1 Å². The van der Waals surface area contributed by atoms with Gasteiger partial charge >= 0.3 is 0 Å². The zero-order valence-corrected chi connectivity index (χ0v) is 15.0. The van der Waals surface area contributed by atoms with Crippen LogP contribution in [0.1, 0.15) is 41.5 Å². The molecule has 0 spiro atoms. The summed E-state index contributed by atoms with van der Waals surface area (Å²) in [6.45, 7) is 6.59. The SMILES string of the molecule is Cc1cc(C)cc(CO/N=C(/N)c2cccnc2N2CCCCC2)c1. The van der Waals surface area contributed by atoms with Gasteiger partial charge in [-0.25, -0.2) is 4.98 Å². The first-order valence-corrected chi connectivity index (χ1v) is 8.86. The van der Waals surface area contributed by atoms with Crippen LogP contribution >= 0.6 is 0 Å². The van der Waals surface area contributed by atoms with Crippen LogP contribution in [0.2, 0.25) is 0 Å². The fourth-order valence-corrected chi connectivity index (χ4v) is 3.33. The van der Waals surface area contributed by atoms with Gasteiger partial charge in [-0.2, -0.15) is 0 Å². The van der Waals surface area contributed by atoms with Gasteiger partial charge in [0.05, 0.1) is 5.56 Å². The van der Waals surface area contributed by atoms with Crippen LogP contribution < -0.4 is 10.6 Å². The third-order valence-electron chi connectivity index (χ3n) is 4.39. The molecule has 2 aromatic rings. The molecule has 5 nitrogen and oxygen atoms in total. The zero-order valence-electron chi connectivity index (χ0n) is 15.0. The Kier molecular flexibility index (Phi) is 5.53. The lowest BCUT2D eigenvalue weighted by Gasteiger charge is -2.29. The molecule has 0 radical (unpaired) electrons. The molecule has 0 unspecified atom stereocenters. The Morgan fingerprint density at radius 2 is 1.88 bits per heavy atom. The highest BCUT2D eigenvalue weighted by atomic mass is 16.6. The monoisotopic (exact) mass is 338 g/mol. The van der Waals surface area contributed by atoms with E-state index in [4.69, 9.17) is 10.6 Å². The van der Waals surface area contributed by atoms with E-state index in [0.717, 1.165) is 30.0 Å². The topological polar surface area (TPSA) is 63.7 Å². The first-order valence-electron chi connectivity index (χ1n) is 8.86. The number of oxime groups is 1. The highest BCUT2D eigenvalue weighted by Crippen LogP contribution is 2.21. The molecule has 1 aliphatic heterocycles. The second-order valence-electron chi connectivity index (χ2n) is 6.67. The fourth-order valence-electron chi connectivity index (χ4n) is 3.33. The summed E-state index contributed by atoms with van der Waals surface area (Å²) in [4.78, 5) is 12.3. The summed E-state index contributed by atoms with van der Waals surface area (Å²) < 4.78 is 0. The smallest absolute Gasteiger partial charge is 0.174 e. The number of pyridine rings is 1. The maximum Gasteiger partial charge on any atom is 0.174 e. The number of rotatable bonds is 5. The molecule has 1 aliphatic rings. The Hall–Kier alpha value is -2.56. The molecule has 0 bridgehead atoms. The first-order chi connectivity index (χ1) is 12.1. The van der Waals surface area contributed by atoms with Crippen molar-refractivity contribution in [1.29, 1.82) is 0 Å². The van der Waals surface area contributed by atoms with Crippen molar-refractivity contribution in [3.8, 4) is 0 Å². The highest BCUT2D eigenvalue weighted by molar-refractivity contribution is 6.01. The molecule has 0 amide bonds. The van der Waals surface area contributed by atoms with Gasteiger partial charge in [0.15, 0.2) is 5.84 Å². The number of aromatic nitrogens is 1. The van der Waals surface area contributed by atoms with Gasteiger partial charge in [0.1, 0.15) is 12.4 Å². The summed E-state index contributed by atoms with van der Waals surface area (Å²) >= 11 is 0. The lowest BCUT2D eigenvalue weighted by Crippen LogP contribution is -2.32. The number of aryl methyl sites for hydroxylation is 2. The van der Waals surface area contributed by atoms with Crippen LogP contribution in [-0.2, 0) is 11.4 Å². The molecule has 25 heavy (non-hydrogen) atoms. The summed E-state index contributed by atoms with van der Waals surface area (Å²) in [5.74, 6) is 1.27. The number of hydrogen-bond acceptors (Lipinski definition) is 4. The molecule has 5 heteroatoms. The maximum atomic E-state index is 6.18. The minimum absolute atomic E-state index is 0.373. The lowest BCUT2D eigenvalue weighted by molar-refractivity contribution is 0.130. The normalized spacial score (nSPS) is 15.3. The van der Waals surface area contributed by atoms with Crippen molar-refractivity contribution < 1.29 is 4.84 Å². The van der Waals surface area contributed by atoms with E-state index in [0.29, 0.717) is 12.4 Å². The predicted octanol–water partition coefficient (Wildman–Crippen LogP) is 3.53. The molecule has 3 rings (SSSR count). The van der Waals surface area contributed by atoms with Gasteiger partial charge in [-0.1, -0.05) is 34.5 Å². The van der Waals surface area contributed by atoms with Crippen LogP contribution in [0.15, 0.2) is 41.7 Å².